The fraction of sp³-hybridized carbons (Fsp3) is 0.250. The van der Waals surface area contributed by atoms with Crippen LogP contribution in [0.3, 0.4) is 0 Å². The second kappa shape index (κ2) is 5.98. The van der Waals surface area contributed by atoms with Crippen LogP contribution in [0, 0.1) is 6.92 Å². The molecule has 1 rings (SSSR count). The van der Waals surface area contributed by atoms with Crippen molar-refractivity contribution in [3.8, 4) is 5.75 Å². The summed E-state index contributed by atoms with van der Waals surface area (Å²) >= 11 is 0. The van der Waals surface area contributed by atoms with E-state index >= 15 is 0 Å². The maximum Gasteiger partial charge on any atom is 0.394 e. The molecule has 0 aliphatic carbocycles. The summed E-state index contributed by atoms with van der Waals surface area (Å²) in [5.41, 5.74) is 0.142. The molecule has 0 saturated carbocycles. The summed E-state index contributed by atoms with van der Waals surface area (Å²) in [6.45, 7) is 8.02. The van der Waals surface area contributed by atoms with Crippen molar-refractivity contribution >= 4 is 5.97 Å². The first-order chi connectivity index (χ1) is 7.81. The van der Waals surface area contributed by atoms with Crippen molar-refractivity contribution in [3.63, 3.8) is 0 Å². The third-order valence-electron chi connectivity index (χ3n) is 1.80. The molecule has 0 unspecified atom stereocenters. The minimum Gasteiger partial charge on any atom is -0.478 e. The average Bonchev–Trinajstić information content (AvgIpc) is 2.22. The SMILES string of the molecule is C=C.Cc1c(OC(C)(F)F)cccc1C(=O)O. The molecule has 3 nitrogen and oxygen atoms in total. The monoisotopic (exact) mass is 244 g/mol. The van der Waals surface area contributed by atoms with Crippen LogP contribution < -0.4 is 4.74 Å². The Labute approximate surface area is 98.3 Å². The average molecular weight is 244 g/mol. The van der Waals surface area contributed by atoms with Gasteiger partial charge in [-0.3, -0.25) is 0 Å². The van der Waals surface area contributed by atoms with E-state index in [-0.39, 0.29) is 16.9 Å². The fourth-order valence-corrected chi connectivity index (χ4v) is 1.15. The highest BCUT2D eigenvalue weighted by atomic mass is 19.3. The van der Waals surface area contributed by atoms with Crippen LogP contribution in [0.5, 0.6) is 5.75 Å². The number of carboxylic acid groups (broad SMARTS) is 1. The molecular formula is C12H14F2O3. The van der Waals surface area contributed by atoms with Gasteiger partial charge in [-0.15, -0.1) is 13.2 Å². The van der Waals surface area contributed by atoms with Gasteiger partial charge in [-0.05, 0) is 19.1 Å². The minimum absolute atomic E-state index is 0.0447. The van der Waals surface area contributed by atoms with Gasteiger partial charge < -0.3 is 9.84 Å². The van der Waals surface area contributed by atoms with Gasteiger partial charge in [0.25, 0.3) is 0 Å². The van der Waals surface area contributed by atoms with E-state index in [0.29, 0.717) is 6.92 Å². The second-order valence-electron chi connectivity index (χ2n) is 3.14. The zero-order valence-electron chi connectivity index (χ0n) is 9.67. The Morgan fingerprint density at radius 1 is 1.41 bits per heavy atom. The molecule has 1 N–H and O–H groups in total. The van der Waals surface area contributed by atoms with Gasteiger partial charge in [-0.2, -0.15) is 8.78 Å². The predicted molar refractivity (Wildman–Crippen MR) is 60.6 cm³/mol. The zero-order chi connectivity index (χ0) is 13.6. The molecule has 0 amide bonds. The summed E-state index contributed by atoms with van der Waals surface area (Å²) in [5, 5.41) is 8.75. The Balaban J connectivity index is 0.00000121. The number of aromatic carboxylic acids is 1. The van der Waals surface area contributed by atoms with E-state index in [9.17, 15) is 13.6 Å². The zero-order valence-corrected chi connectivity index (χ0v) is 9.67. The number of rotatable bonds is 3. The molecule has 0 spiro atoms. The van der Waals surface area contributed by atoms with E-state index in [1.807, 2.05) is 0 Å². The molecule has 94 valence electrons. The Morgan fingerprint density at radius 2 is 1.94 bits per heavy atom. The van der Waals surface area contributed by atoms with E-state index in [1.165, 1.54) is 25.1 Å². The van der Waals surface area contributed by atoms with Crippen molar-refractivity contribution in [3.05, 3.63) is 42.5 Å². The number of carboxylic acids is 1. The number of halogens is 2. The first kappa shape index (κ1) is 15.1. The maximum absolute atomic E-state index is 12.6. The van der Waals surface area contributed by atoms with Gasteiger partial charge in [-0.25, -0.2) is 4.79 Å². The fourth-order valence-electron chi connectivity index (χ4n) is 1.15. The summed E-state index contributed by atoms with van der Waals surface area (Å²) < 4.78 is 29.4. The van der Waals surface area contributed by atoms with Crippen molar-refractivity contribution in [1.29, 1.82) is 0 Å². The molecule has 0 heterocycles. The third kappa shape index (κ3) is 4.63. The number of benzene rings is 1. The van der Waals surface area contributed by atoms with Crippen LogP contribution in [0.4, 0.5) is 8.78 Å². The summed E-state index contributed by atoms with van der Waals surface area (Å²) in [4.78, 5) is 10.7. The van der Waals surface area contributed by atoms with Crippen molar-refractivity contribution in [2.45, 2.75) is 20.0 Å². The van der Waals surface area contributed by atoms with E-state index < -0.39 is 12.1 Å². The van der Waals surface area contributed by atoms with Crippen LogP contribution in [0.25, 0.3) is 0 Å². The molecule has 0 fully saturated rings. The van der Waals surface area contributed by atoms with E-state index in [2.05, 4.69) is 17.9 Å². The second-order valence-corrected chi connectivity index (χ2v) is 3.14. The van der Waals surface area contributed by atoms with Gasteiger partial charge in [0, 0.05) is 12.5 Å². The first-order valence-electron chi connectivity index (χ1n) is 4.71. The van der Waals surface area contributed by atoms with Crippen molar-refractivity contribution in [2.24, 2.45) is 0 Å². The topological polar surface area (TPSA) is 46.5 Å². The minimum atomic E-state index is -3.32. The molecule has 5 heteroatoms. The molecule has 0 aromatic heterocycles. The van der Waals surface area contributed by atoms with Gasteiger partial charge in [-0.1, -0.05) is 6.07 Å². The third-order valence-corrected chi connectivity index (χ3v) is 1.80. The van der Waals surface area contributed by atoms with Crippen molar-refractivity contribution in [1.82, 2.24) is 0 Å². The van der Waals surface area contributed by atoms with Crippen LogP contribution in [0.1, 0.15) is 22.8 Å². The highest BCUT2D eigenvalue weighted by molar-refractivity contribution is 5.90. The molecule has 17 heavy (non-hydrogen) atoms. The Hall–Kier alpha value is -1.91. The lowest BCUT2D eigenvalue weighted by Gasteiger charge is -2.15. The van der Waals surface area contributed by atoms with Gasteiger partial charge >= 0.3 is 12.1 Å². The van der Waals surface area contributed by atoms with Crippen LogP contribution in [-0.2, 0) is 0 Å². The van der Waals surface area contributed by atoms with E-state index in [4.69, 9.17) is 5.11 Å². The largest absolute Gasteiger partial charge is 0.478 e. The molecule has 0 aliphatic rings. The summed E-state index contributed by atoms with van der Waals surface area (Å²) in [6.07, 6.45) is -3.32. The van der Waals surface area contributed by atoms with E-state index in [1.54, 1.807) is 0 Å². The highest BCUT2D eigenvalue weighted by Gasteiger charge is 2.25. The van der Waals surface area contributed by atoms with Crippen molar-refractivity contribution < 1.29 is 23.4 Å². The summed E-state index contributed by atoms with van der Waals surface area (Å²) in [7, 11) is 0. The molecule has 0 radical (unpaired) electrons. The summed E-state index contributed by atoms with van der Waals surface area (Å²) in [6, 6.07) is 4.00. The lowest BCUT2D eigenvalue weighted by Crippen LogP contribution is -2.20. The lowest BCUT2D eigenvalue weighted by atomic mass is 10.1. The van der Waals surface area contributed by atoms with E-state index in [0.717, 1.165) is 0 Å². The van der Waals surface area contributed by atoms with Gasteiger partial charge in [0.1, 0.15) is 5.75 Å². The summed E-state index contributed by atoms with van der Waals surface area (Å²) in [5.74, 6) is -1.29. The molecule has 1 aromatic rings. The highest BCUT2D eigenvalue weighted by Crippen LogP contribution is 2.26. The van der Waals surface area contributed by atoms with Gasteiger partial charge in [0.05, 0.1) is 5.56 Å². The van der Waals surface area contributed by atoms with Crippen LogP contribution in [0.2, 0.25) is 0 Å². The molecule has 1 aromatic carbocycles. The Bertz CT molecular complexity index is 397. The number of hydrogen-bond donors (Lipinski definition) is 1. The van der Waals surface area contributed by atoms with Crippen molar-refractivity contribution in [2.75, 3.05) is 0 Å². The number of ether oxygens (including phenoxy) is 1. The number of carbonyl (C=O) groups is 1. The molecular weight excluding hydrogens is 230 g/mol. The molecule has 0 atom stereocenters. The number of alkyl halides is 2. The lowest BCUT2D eigenvalue weighted by molar-refractivity contribution is -0.159. The van der Waals surface area contributed by atoms with Gasteiger partial charge in [0.2, 0.25) is 0 Å². The Kier molecular flexibility index (Phi) is 5.31. The van der Waals surface area contributed by atoms with Gasteiger partial charge in [0.15, 0.2) is 0 Å². The van der Waals surface area contributed by atoms with Crippen LogP contribution in [-0.4, -0.2) is 17.2 Å². The molecule has 0 saturated heterocycles. The normalized spacial score (nSPS) is 10.1. The molecule has 0 bridgehead atoms. The van der Waals surface area contributed by atoms with Crippen LogP contribution in [0.15, 0.2) is 31.4 Å². The van der Waals surface area contributed by atoms with Crippen LogP contribution >= 0.6 is 0 Å². The predicted octanol–water partition coefficient (Wildman–Crippen LogP) is 3.49. The Morgan fingerprint density at radius 3 is 2.35 bits per heavy atom. The number of hydrogen-bond acceptors (Lipinski definition) is 2. The molecule has 0 aliphatic heterocycles. The maximum atomic E-state index is 12.6. The smallest absolute Gasteiger partial charge is 0.394 e. The first-order valence-corrected chi connectivity index (χ1v) is 4.71. The standard InChI is InChI=1S/C10H10F2O3.C2H4/c1-6-7(9(13)14)4-3-5-8(6)15-10(2,11)12;1-2/h3-5H,1-2H3,(H,13,14);1-2H2. The quantitative estimate of drug-likeness (QED) is 0.828.